The number of nitrogens with zero attached hydrogens (tertiary/aromatic N) is 2. The largest absolute Gasteiger partial charge is 0.396 e. The maximum absolute atomic E-state index is 9.69. The summed E-state index contributed by atoms with van der Waals surface area (Å²) in [6.07, 6.45) is 1.01. The average Bonchev–Trinajstić information content (AvgIpc) is 2.50. The maximum atomic E-state index is 9.69. The van der Waals surface area contributed by atoms with E-state index >= 15 is 0 Å². The zero-order valence-electron chi connectivity index (χ0n) is 13.0. The van der Waals surface area contributed by atoms with E-state index in [1.807, 2.05) is 0 Å². The molecule has 0 aliphatic carbocycles. The SMILES string of the molecule is CCC(C)(CO)CN1CCN(C)CC1c1ccccc1. The van der Waals surface area contributed by atoms with Crippen LogP contribution in [0.15, 0.2) is 30.3 Å². The van der Waals surface area contributed by atoms with Crippen LogP contribution in [0.3, 0.4) is 0 Å². The van der Waals surface area contributed by atoms with Crippen LogP contribution in [-0.2, 0) is 0 Å². The van der Waals surface area contributed by atoms with Gasteiger partial charge in [0.2, 0.25) is 0 Å². The third-order valence-electron chi connectivity index (χ3n) is 4.70. The van der Waals surface area contributed by atoms with Crippen LogP contribution < -0.4 is 0 Å². The average molecular weight is 276 g/mol. The molecule has 2 atom stereocenters. The molecule has 1 heterocycles. The van der Waals surface area contributed by atoms with Crippen molar-refractivity contribution in [3.63, 3.8) is 0 Å². The Balaban J connectivity index is 2.17. The number of benzene rings is 1. The summed E-state index contributed by atoms with van der Waals surface area (Å²) >= 11 is 0. The molecule has 1 aromatic rings. The molecular weight excluding hydrogens is 248 g/mol. The summed E-state index contributed by atoms with van der Waals surface area (Å²) in [6.45, 7) is 8.83. The lowest BCUT2D eigenvalue weighted by Gasteiger charge is -2.44. The van der Waals surface area contributed by atoms with Crippen molar-refractivity contribution in [2.75, 3.05) is 39.8 Å². The third-order valence-corrected chi connectivity index (χ3v) is 4.70. The predicted molar refractivity (Wildman–Crippen MR) is 83.7 cm³/mol. The molecule has 3 heteroatoms. The number of likely N-dealkylation sites (N-methyl/N-ethyl adjacent to an activating group) is 1. The lowest BCUT2D eigenvalue weighted by atomic mass is 9.86. The number of aliphatic hydroxyl groups excluding tert-OH is 1. The van der Waals surface area contributed by atoms with Crippen molar-refractivity contribution in [3.05, 3.63) is 35.9 Å². The number of aliphatic hydroxyl groups is 1. The second-order valence-corrected chi connectivity index (χ2v) is 6.48. The van der Waals surface area contributed by atoms with Gasteiger partial charge >= 0.3 is 0 Å². The molecule has 0 aromatic heterocycles. The molecule has 0 amide bonds. The first-order valence-electron chi connectivity index (χ1n) is 7.66. The van der Waals surface area contributed by atoms with E-state index in [1.165, 1.54) is 5.56 Å². The topological polar surface area (TPSA) is 26.7 Å². The van der Waals surface area contributed by atoms with Crippen LogP contribution >= 0.6 is 0 Å². The van der Waals surface area contributed by atoms with Gasteiger partial charge in [-0.05, 0) is 19.0 Å². The van der Waals surface area contributed by atoms with Crippen LogP contribution in [-0.4, -0.2) is 54.7 Å². The van der Waals surface area contributed by atoms with Gasteiger partial charge in [0.25, 0.3) is 0 Å². The number of hydrogen-bond acceptors (Lipinski definition) is 3. The highest BCUT2D eigenvalue weighted by Gasteiger charge is 2.32. The summed E-state index contributed by atoms with van der Waals surface area (Å²) in [4.78, 5) is 4.95. The fourth-order valence-corrected chi connectivity index (χ4v) is 2.90. The zero-order valence-corrected chi connectivity index (χ0v) is 13.0. The first kappa shape index (κ1) is 15.5. The molecule has 20 heavy (non-hydrogen) atoms. The smallest absolute Gasteiger partial charge is 0.0496 e. The Morgan fingerprint density at radius 2 is 1.95 bits per heavy atom. The Hall–Kier alpha value is -0.900. The first-order chi connectivity index (χ1) is 9.58. The molecule has 0 saturated carbocycles. The van der Waals surface area contributed by atoms with Crippen molar-refractivity contribution in [2.24, 2.45) is 5.41 Å². The van der Waals surface area contributed by atoms with Gasteiger partial charge in [-0.3, -0.25) is 4.90 Å². The molecule has 0 spiro atoms. The highest BCUT2D eigenvalue weighted by atomic mass is 16.3. The predicted octanol–water partition coefficient (Wildman–Crippen LogP) is 2.38. The monoisotopic (exact) mass is 276 g/mol. The number of rotatable bonds is 5. The van der Waals surface area contributed by atoms with Crippen molar-refractivity contribution in [3.8, 4) is 0 Å². The van der Waals surface area contributed by atoms with E-state index in [-0.39, 0.29) is 12.0 Å². The van der Waals surface area contributed by atoms with Crippen LogP contribution in [0.2, 0.25) is 0 Å². The number of piperazine rings is 1. The molecule has 1 fully saturated rings. The van der Waals surface area contributed by atoms with Crippen LogP contribution in [0.25, 0.3) is 0 Å². The molecule has 112 valence electrons. The number of hydrogen-bond donors (Lipinski definition) is 1. The van der Waals surface area contributed by atoms with Crippen LogP contribution in [0.4, 0.5) is 0 Å². The van der Waals surface area contributed by atoms with Gasteiger partial charge in [-0.15, -0.1) is 0 Å². The Morgan fingerprint density at radius 3 is 2.55 bits per heavy atom. The Morgan fingerprint density at radius 1 is 1.25 bits per heavy atom. The molecule has 3 nitrogen and oxygen atoms in total. The summed E-state index contributed by atoms with van der Waals surface area (Å²) < 4.78 is 0. The molecule has 2 unspecified atom stereocenters. The summed E-state index contributed by atoms with van der Waals surface area (Å²) in [5, 5.41) is 9.69. The van der Waals surface area contributed by atoms with E-state index in [2.05, 4.69) is 61.0 Å². The van der Waals surface area contributed by atoms with Crippen LogP contribution in [0.1, 0.15) is 31.9 Å². The Labute approximate surface area is 123 Å². The molecule has 1 aromatic carbocycles. The minimum atomic E-state index is 0.00292. The van der Waals surface area contributed by atoms with Gasteiger partial charge in [0, 0.05) is 44.2 Å². The van der Waals surface area contributed by atoms with Gasteiger partial charge in [0.1, 0.15) is 0 Å². The van der Waals surface area contributed by atoms with E-state index in [9.17, 15) is 5.11 Å². The normalized spacial score (nSPS) is 24.5. The molecule has 1 aliphatic heterocycles. The van der Waals surface area contributed by atoms with Gasteiger partial charge in [0.15, 0.2) is 0 Å². The first-order valence-corrected chi connectivity index (χ1v) is 7.66. The van der Waals surface area contributed by atoms with E-state index < -0.39 is 0 Å². The lowest BCUT2D eigenvalue weighted by molar-refractivity contribution is 0.0250. The maximum Gasteiger partial charge on any atom is 0.0496 e. The highest BCUT2D eigenvalue weighted by Crippen LogP contribution is 2.30. The van der Waals surface area contributed by atoms with Gasteiger partial charge in [-0.1, -0.05) is 44.2 Å². The third kappa shape index (κ3) is 3.60. The van der Waals surface area contributed by atoms with Gasteiger partial charge in [-0.2, -0.15) is 0 Å². The van der Waals surface area contributed by atoms with E-state index in [0.29, 0.717) is 6.04 Å². The molecule has 1 aliphatic rings. The minimum Gasteiger partial charge on any atom is -0.396 e. The van der Waals surface area contributed by atoms with Crippen LogP contribution in [0.5, 0.6) is 0 Å². The fourth-order valence-electron chi connectivity index (χ4n) is 2.90. The lowest BCUT2D eigenvalue weighted by Crippen LogP contribution is -2.50. The highest BCUT2D eigenvalue weighted by molar-refractivity contribution is 5.20. The molecule has 0 bridgehead atoms. The van der Waals surface area contributed by atoms with Crippen molar-refractivity contribution in [2.45, 2.75) is 26.3 Å². The van der Waals surface area contributed by atoms with Gasteiger partial charge in [0.05, 0.1) is 0 Å². The Bertz CT molecular complexity index is 403. The minimum absolute atomic E-state index is 0.00292. The van der Waals surface area contributed by atoms with E-state index in [1.54, 1.807) is 0 Å². The van der Waals surface area contributed by atoms with Gasteiger partial charge in [-0.25, -0.2) is 0 Å². The van der Waals surface area contributed by atoms with Crippen molar-refractivity contribution in [1.82, 2.24) is 9.80 Å². The summed E-state index contributed by atoms with van der Waals surface area (Å²) in [7, 11) is 2.19. The van der Waals surface area contributed by atoms with Crippen molar-refractivity contribution >= 4 is 0 Å². The molecule has 2 rings (SSSR count). The van der Waals surface area contributed by atoms with Crippen molar-refractivity contribution in [1.29, 1.82) is 0 Å². The second-order valence-electron chi connectivity index (χ2n) is 6.48. The summed E-state index contributed by atoms with van der Waals surface area (Å²) in [5.74, 6) is 0. The fraction of sp³-hybridized carbons (Fsp3) is 0.647. The van der Waals surface area contributed by atoms with Gasteiger partial charge < -0.3 is 10.0 Å². The molecule has 0 radical (unpaired) electrons. The summed E-state index contributed by atoms with van der Waals surface area (Å²) in [5.41, 5.74) is 1.39. The standard InChI is InChI=1S/C17H28N2O/c1-4-17(2,14-20)13-19-11-10-18(3)12-16(19)15-8-6-5-7-9-15/h5-9,16,20H,4,10-14H2,1-3H3. The molecule has 1 N–H and O–H groups in total. The van der Waals surface area contributed by atoms with E-state index in [4.69, 9.17) is 0 Å². The summed E-state index contributed by atoms with van der Waals surface area (Å²) in [6, 6.07) is 11.2. The van der Waals surface area contributed by atoms with Crippen LogP contribution in [0, 0.1) is 5.41 Å². The molecular formula is C17H28N2O. The second kappa shape index (κ2) is 6.70. The van der Waals surface area contributed by atoms with E-state index in [0.717, 1.165) is 32.6 Å². The zero-order chi connectivity index (χ0) is 14.6. The Kier molecular flexibility index (Phi) is 5.19. The van der Waals surface area contributed by atoms with Crippen molar-refractivity contribution < 1.29 is 5.11 Å². The molecule has 1 saturated heterocycles. The quantitative estimate of drug-likeness (QED) is 0.894.